The number of hydrogen-bond acceptors (Lipinski definition) is 7. The molecule has 8 nitrogen and oxygen atoms in total. The van der Waals surface area contributed by atoms with Crippen LogP contribution in [0.15, 0.2) is 6.07 Å². The fraction of sp³-hybridized carbons (Fsp3) is 0.455. The van der Waals surface area contributed by atoms with Gasteiger partial charge in [-0.05, 0) is 55.9 Å². The zero-order chi connectivity index (χ0) is 22.0. The van der Waals surface area contributed by atoms with Crippen molar-refractivity contribution in [3.63, 3.8) is 0 Å². The first kappa shape index (κ1) is 21.4. The van der Waals surface area contributed by atoms with Crippen molar-refractivity contribution in [2.24, 2.45) is 0 Å². The molecule has 0 fully saturated rings. The van der Waals surface area contributed by atoms with Crippen LogP contribution in [-0.2, 0) is 33.7 Å². The number of carboxylic acids is 1. The van der Waals surface area contributed by atoms with Gasteiger partial charge in [0.2, 0.25) is 0 Å². The first-order chi connectivity index (χ1) is 15.0. The maximum absolute atomic E-state index is 11.2. The lowest BCUT2D eigenvalue weighted by molar-refractivity contribution is -0.140. The van der Waals surface area contributed by atoms with Crippen molar-refractivity contribution in [1.82, 2.24) is 15.2 Å². The van der Waals surface area contributed by atoms with Gasteiger partial charge in [0.1, 0.15) is 22.7 Å². The van der Waals surface area contributed by atoms with Crippen LogP contribution in [-0.4, -0.2) is 39.5 Å². The van der Waals surface area contributed by atoms with Gasteiger partial charge >= 0.3 is 5.97 Å². The van der Waals surface area contributed by atoms with Gasteiger partial charge in [-0.1, -0.05) is 11.3 Å². The molecule has 0 saturated heterocycles. The molecule has 2 aromatic heterocycles. The van der Waals surface area contributed by atoms with Gasteiger partial charge in [0.25, 0.3) is 0 Å². The van der Waals surface area contributed by atoms with Crippen molar-refractivity contribution in [3.8, 4) is 6.07 Å². The molecule has 0 bridgehead atoms. The number of H-pyrrole nitrogens is 1. The highest BCUT2D eigenvalue weighted by atomic mass is 32.1. The maximum atomic E-state index is 11.2. The molecular weight excluding hydrogens is 416 g/mol. The lowest BCUT2D eigenvalue weighted by Crippen LogP contribution is -2.18. The summed E-state index contributed by atoms with van der Waals surface area (Å²) in [6, 6.07) is 4.29. The first-order valence-corrected chi connectivity index (χ1v) is 11.1. The number of rotatable bonds is 8. The number of aromatic amines is 1. The highest BCUT2D eigenvalue weighted by Gasteiger charge is 2.29. The Hall–Kier alpha value is -2.80. The van der Waals surface area contributed by atoms with Crippen LogP contribution >= 0.6 is 11.3 Å². The van der Waals surface area contributed by atoms with Gasteiger partial charge < -0.3 is 19.6 Å². The van der Waals surface area contributed by atoms with Gasteiger partial charge in [0.15, 0.2) is 0 Å². The van der Waals surface area contributed by atoms with Crippen LogP contribution in [0.5, 0.6) is 0 Å². The number of aryl methyl sites for hydroxylation is 3. The van der Waals surface area contributed by atoms with Crippen LogP contribution in [0.3, 0.4) is 0 Å². The molecule has 1 aliphatic rings. The normalized spacial score (nSPS) is 15.7. The number of carbonyl (C=O) groups is 1. The molecule has 9 heteroatoms. The van der Waals surface area contributed by atoms with Gasteiger partial charge in [0.05, 0.1) is 30.2 Å². The van der Waals surface area contributed by atoms with Crippen LogP contribution in [0, 0.1) is 25.2 Å². The average Bonchev–Trinajstić information content (AvgIpc) is 3.33. The molecule has 3 heterocycles. The van der Waals surface area contributed by atoms with Crippen molar-refractivity contribution < 1.29 is 19.4 Å². The van der Waals surface area contributed by atoms with Crippen LogP contribution < -0.4 is 0 Å². The van der Waals surface area contributed by atoms with E-state index in [1.165, 1.54) is 11.3 Å². The molecule has 162 valence electrons. The van der Waals surface area contributed by atoms with E-state index in [0.29, 0.717) is 31.8 Å². The van der Waals surface area contributed by atoms with E-state index in [9.17, 15) is 15.2 Å². The Kier molecular flexibility index (Phi) is 6.32. The Morgan fingerprint density at radius 1 is 1.45 bits per heavy atom. The largest absolute Gasteiger partial charge is 0.481 e. The molecule has 0 radical (unpaired) electrons. The third-order valence-electron chi connectivity index (χ3n) is 5.58. The van der Waals surface area contributed by atoms with Gasteiger partial charge in [-0.15, -0.1) is 10.2 Å². The summed E-state index contributed by atoms with van der Waals surface area (Å²) >= 11 is 1.53. The lowest BCUT2D eigenvalue weighted by atomic mass is 9.93. The number of carboxylic acid groups (broad SMARTS) is 1. The monoisotopic (exact) mass is 440 g/mol. The summed E-state index contributed by atoms with van der Waals surface area (Å²) in [5.41, 5.74) is 5.50. The van der Waals surface area contributed by atoms with E-state index in [1.54, 1.807) is 0 Å². The SMILES string of the molecule is Cc1nnc(COCCCc2cc(C#N)c3c4c([nH]c3c2C)C(CC(=O)O)OCC4)s1. The molecular formula is C22H24N4O4S. The van der Waals surface area contributed by atoms with Crippen LogP contribution in [0.1, 0.15) is 56.9 Å². The van der Waals surface area contributed by atoms with E-state index in [-0.39, 0.29) is 6.42 Å². The number of nitriles is 1. The number of ether oxygens (including phenoxy) is 2. The fourth-order valence-electron chi connectivity index (χ4n) is 4.16. The second-order valence-electron chi connectivity index (χ2n) is 7.67. The number of hydrogen-bond donors (Lipinski definition) is 2. The highest BCUT2D eigenvalue weighted by molar-refractivity contribution is 7.11. The molecule has 0 spiro atoms. The van der Waals surface area contributed by atoms with Gasteiger partial charge in [-0.2, -0.15) is 5.26 Å². The number of aromatic nitrogens is 3. The summed E-state index contributed by atoms with van der Waals surface area (Å²) in [7, 11) is 0. The molecule has 0 aliphatic carbocycles. The number of aliphatic carboxylic acids is 1. The van der Waals surface area contributed by atoms with Crippen LogP contribution in [0.2, 0.25) is 0 Å². The van der Waals surface area contributed by atoms with Gasteiger partial charge in [-0.25, -0.2) is 0 Å². The zero-order valence-electron chi connectivity index (χ0n) is 17.5. The molecule has 1 unspecified atom stereocenters. The van der Waals surface area contributed by atoms with Crippen molar-refractivity contribution in [1.29, 1.82) is 5.26 Å². The second kappa shape index (κ2) is 9.14. The standard InChI is InChI=1S/C22H24N4O4S/c1-12-14(4-3-6-29-11-18-26-25-13(2)31-18)8-15(10-23)20-16-5-7-30-17(9-19(27)28)22(16)24-21(12)20/h8,17,24H,3-7,9,11H2,1-2H3,(H,27,28). The minimum Gasteiger partial charge on any atom is -0.481 e. The predicted octanol–water partition coefficient (Wildman–Crippen LogP) is 3.75. The van der Waals surface area contributed by atoms with E-state index in [4.69, 9.17) is 9.47 Å². The Bertz CT molecular complexity index is 1160. The number of nitrogens with one attached hydrogen (secondary N) is 1. The number of fused-ring (bicyclic) bond motifs is 3. The smallest absolute Gasteiger partial charge is 0.306 e. The molecule has 31 heavy (non-hydrogen) atoms. The molecule has 1 aromatic carbocycles. The highest BCUT2D eigenvalue weighted by Crippen LogP contribution is 2.38. The molecule has 0 saturated carbocycles. The maximum Gasteiger partial charge on any atom is 0.306 e. The zero-order valence-corrected chi connectivity index (χ0v) is 18.3. The quantitative estimate of drug-likeness (QED) is 0.512. The Morgan fingerprint density at radius 2 is 2.29 bits per heavy atom. The predicted molar refractivity (Wildman–Crippen MR) is 115 cm³/mol. The topological polar surface area (TPSA) is 121 Å². The third kappa shape index (κ3) is 4.46. The molecule has 0 amide bonds. The van der Waals surface area contributed by atoms with E-state index >= 15 is 0 Å². The average molecular weight is 441 g/mol. The summed E-state index contributed by atoms with van der Waals surface area (Å²) in [6.45, 7) is 5.46. The first-order valence-electron chi connectivity index (χ1n) is 10.2. The molecule has 2 N–H and O–H groups in total. The summed E-state index contributed by atoms with van der Waals surface area (Å²) in [6.07, 6.45) is 1.65. The van der Waals surface area contributed by atoms with E-state index in [1.807, 2.05) is 19.9 Å². The molecule has 3 aromatic rings. The van der Waals surface area contributed by atoms with E-state index < -0.39 is 12.1 Å². The molecule has 4 rings (SSSR count). The minimum absolute atomic E-state index is 0.0981. The summed E-state index contributed by atoms with van der Waals surface area (Å²) < 4.78 is 11.4. The fourth-order valence-corrected chi connectivity index (χ4v) is 4.81. The summed E-state index contributed by atoms with van der Waals surface area (Å²) in [5.74, 6) is -0.905. The molecule has 1 aliphatic heterocycles. The van der Waals surface area contributed by atoms with Crippen molar-refractivity contribution in [3.05, 3.63) is 44.0 Å². The van der Waals surface area contributed by atoms with Crippen LogP contribution in [0.25, 0.3) is 10.9 Å². The van der Waals surface area contributed by atoms with Crippen LogP contribution in [0.4, 0.5) is 0 Å². The second-order valence-corrected chi connectivity index (χ2v) is 8.93. The number of benzene rings is 1. The summed E-state index contributed by atoms with van der Waals surface area (Å²) in [5, 5.41) is 29.8. The van der Waals surface area contributed by atoms with Crippen molar-refractivity contribution >= 4 is 28.2 Å². The van der Waals surface area contributed by atoms with Gasteiger partial charge in [0, 0.05) is 17.7 Å². The van der Waals surface area contributed by atoms with Gasteiger partial charge in [-0.3, -0.25) is 4.79 Å². The van der Waals surface area contributed by atoms with Crippen molar-refractivity contribution in [2.45, 2.75) is 52.2 Å². The lowest BCUT2D eigenvalue weighted by Gasteiger charge is -2.22. The minimum atomic E-state index is -0.905. The summed E-state index contributed by atoms with van der Waals surface area (Å²) in [4.78, 5) is 14.6. The van der Waals surface area contributed by atoms with E-state index in [2.05, 4.69) is 21.3 Å². The Morgan fingerprint density at radius 3 is 3.00 bits per heavy atom. The Balaban J connectivity index is 1.53. The molecule has 1 atom stereocenters. The van der Waals surface area contributed by atoms with Crippen molar-refractivity contribution in [2.75, 3.05) is 13.2 Å². The van der Waals surface area contributed by atoms with E-state index in [0.717, 1.165) is 56.1 Å². The Labute approximate surface area is 183 Å². The third-order valence-corrected chi connectivity index (χ3v) is 6.40. The number of nitrogens with zero attached hydrogens (tertiary/aromatic N) is 3.